The van der Waals surface area contributed by atoms with E-state index in [1.54, 1.807) is 13.1 Å². The molecule has 7 heteroatoms. The molecular formula is C12H20N4O3. The maximum Gasteiger partial charge on any atom is 0.326 e. The molecule has 1 unspecified atom stereocenters. The molecule has 1 aromatic rings. The minimum Gasteiger partial charge on any atom is -0.480 e. The zero-order chi connectivity index (χ0) is 14.3. The zero-order valence-electron chi connectivity index (χ0n) is 10.9. The van der Waals surface area contributed by atoms with Crippen molar-refractivity contribution in [3.8, 4) is 0 Å². The molecule has 0 saturated heterocycles. The molecule has 5 N–H and O–H groups in total. The molecule has 1 heterocycles. The summed E-state index contributed by atoms with van der Waals surface area (Å²) in [5.41, 5.74) is 6.05. The van der Waals surface area contributed by atoms with Gasteiger partial charge in [-0.1, -0.05) is 6.92 Å². The van der Waals surface area contributed by atoms with E-state index >= 15 is 0 Å². The van der Waals surface area contributed by atoms with E-state index in [0.717, 1.165) is 6.42 Å². The molecule has 0 aliphatic heterocycles. The number of amides is 1. The van der Waals surface area contributed by atoms with E-state index in [1.165, 1.54) is 6.33 Å². The van der Waals surface area contributed by atoms with Crippen LogP contribution in [0.15, 0.2) is 12.5 Å². The van der Waals surface area contributed by atoms with Crippen molar-refractivity contribution < 1.29 is 14.7 Å². The predicted octanol–water partition coefficient (Wildman–Crippen LogP) is -0.103. The van der Waals surface area contributed by atoms with Crippen LogP contribution in [0.2, 0.25) is 0 Å². The number of aromatic nitrogens is 2. The fourth-order valence-electron chi connectivity index (χ4n) is 1.69. The fraction of sp³-hybridized carbons (Fsp3) is 0.583. The standard InChI is InChI=1S/C12H20N4O3/c1-8(3-2-4-13)11(17)16-10(12(18)19)5-9-6-14-7-15-9/h6-8,10H,2-5,13H2,1H3,(H,14,15)(H,16,17)(H,18,19)/t8?,10-/m1/s1. The first-order valence-electron chi connectivity index (χ1n) is 6.25. The van der Waals surface area contributed by atoms with Crippen LogP contribution in [0, 0.1) is 5.92 Å². The zero-order valence-corrected chi connectivity index (χ0v) is 10.9. The van der Waals surface area contributed by atoms with Gasteiger partial charge >= 0.3 is 5.97 Å². The van der Waals surface area contributed by atoms with Gasteiger partial charge in [-0.2, -0.15) is 0 Å². The third-order valence-electron chi connectivity index (χ3n) is 2.88. The second kappa shape index (κ2) is 7.52. The molecule has 0 saturated carbocycles. The Kier molecular flexibility index (Phi) is 6.01. The molecular weight excluding hydrogens is 248 g/mol. The number of rotatable bonds is 8. The van der Waals surface area contributed by atoms with Gasteiger partial charge in [-0.3, -0.25) is 4.79 Å². The molecule has 1 amide bonds. The number of carboxylic acids is 1. The molecule has 0 aromatic carbocycles. The molecule has 0 aliphatic carbocycles. The molecule has 0 spiro atoms. The van der Waals surface area contributed by atoms with E-state index in [4.69, 9.17) is 10.8 Å². The third kappa shape index (κ3) is 5.09. The Morgan fingerprint density at radius 2 is 2.32 bits per heavy atom. The molecule has 0 aliphatic rings. The van der Waals surface area contributed by atoms with Gasteiger partial charge in [-0.05, 0) is 19.4 Å². The number of carboxylic acid groups (broad SMARTS) is 1. The first-order valence-corrected chi connectivity index (χ1v) is 6.25. The number of carbonyl (C=O) groups excluding carboxylic acids is 1. The topological polar surface area (TPSA) is 121 Å². The molecule has 1 aromatic heterocycles. The minimum absolute atomic E-state index is 0.185. The lowest BCUT2D eigenvalue weighted by Gasteiger charge is -2.17. The number of H-pyrrole nitrogens is 1. The normalized spacial score (nSPS) is 13.8. The summed E-state index contributed by atoms with van der Waals surface area (Å²) in [6.07, 6.45) is 4.59. The number of aromatic amines is 1. The van der Waals surface area contributed by atoms with Crippen LogP contribution in [-0.4, -0.2) is 39.5 Å². The van der Waals surface area contributed by atoms with Gasteiger partial charge in [0.05, 0.1) is 6.33 Å². The molecule has 106 valence electrons. The summed E-state index contributed by atoms with van der Waals surface area (Å²) in [6, 6.07) is -0.951. The maximum atomic E-state index is 11.9. The first kappa shape index (κ1) is 15.2. The van der Waals surface area contributed by atoms with Gasteiger partial charge in [0.1, 0.15) is 6.04 Å². The van der Waals surface area contributed by atoms with Crippen LogP contribution in [0.4, 0.5) is 0 Å². The van der Waals surface area contributed by atoms with Gasteiger partial charge in [0.25, 0.3) is 0 Å². The minimum atomic E-state index is -1.06. The Balaban J connectivity index is 2.53. The van der Waals surface area contributed by atoms with Gasteiger partial charge in [-0.25, -0.2) is 9.78 Å². The fourth-order valence-corrected chi connectivity index (χ4v) is 1.69. The van der Waals surface area contributed by atoms with E-state index in [1.807, 2.05) is 0 Å². The largest absolute Gasteiger partial charge is 0.480 e. The number of carbonyl (C=O) groups is 2. The van der Waals surface area contributed by atoms with Crippen LogP contribution >= 0.6 is 0 Å². The van der Waals surface area contributed by atoms with Gasteiger partial charge in [0.15, 0.2) is 0 Å². The number of nitrogens with zero attached hydrogens (tertiary/aromatic N) is 1. The van der Waals surface area contributed by atoms with Crippen molar-refractivity contribution in [1.82, 2.24) is 15.3 Å². The van der Waals surface area contributed by atoms with Gasteiger partial charge in [0, 0.05) is 24.2 Å². The number of aliphatic carboxylic acids is 1. The molecule has 7 nitrogen and oxygen atoms in total. The van der Waals surface area contributed by atoms with Crippen LogP contribution in [0.1, 0.15) is 25.5 Å². The molecule has 0 radical (unpaired) electrons. The SMILES string of the molecule is CC(CCCN)C(=O)N[C@H](Cc1cnc[nH]1)C(=O)O. The Morgan fingerprint density at radius 1 is 1.58 bits per heavy atom. The second-order valence-electron chi connectivity index (χ2n) is 4.51. The average Bonchev–Trinajstić information content (AvgIpc) is 2.87. The Bertz CT molecular complexity index is 405. The third-order valence-corrected chi connectivity index (χ3v) is 2.88. The van der Waals surface area contributed by atoms with E-state index in [0.29, 0.717) is 18.7 Å². The van der Waals surface area contributed by atoms with Crippen LogP contribution in [0.3, 0.4) is 0 Å². The first-order chi connectivity index (χ1) is 9.04. The van der Waals surface area contributed by atoms with Gasteiger partial charge in [0.2, 0.25) is 5.91 Å². The van der Waals surface area contributed by atoms with Crippen LogP contribution < -0.4 is 11.1 Å². The lowest BCUT2D eigenvalue weighted by molar-refractivity contribution is -0.142. The van der Waals surface area contributed by atoms with Crippen molar-refractivity contribution in [3.63, 3.8) is 0 Å². The highest BCUT2D eigenvalue weighted by molar-refractivity contribution is 5.84. The number of hydrogen-bond acceptors (Lipinski definition) is 4. The molecule has 0 fully saturated rings. The highest BCUT2D eigenvalue weighted by Crippen LogP contribution is 2.06. The summed E-state index contributed by atoms with van der Waals surface area (Å²) in [5.74, 6) is -1.57. The summed E-state index contributed by atoms with van der Waals surface area (Å²) >= 11 is 0. The highest BCUT2D eigenvalue weighted by atomic mass is 16.4. The Morgan fingerprint density at radius 3 is 2.84 bits per heavy atom. The Labute approximate surface area is 111 Å². The van der Waals surface area contributed by atoms with Gasteiger partial charge in [-0.15, -0.1) is 0 Å². The Hall–Kier alpha value is -1.89. The highest BCUT2D eigenvalue weighted by Gasteiger charge is 2.23. The summed E-state index contributed by atoms with van der Waals surface area (Å²) < 4.78 is 0. The maximum absolute atomic E-state index is 11.9. The molecule has 0 bridgehead atoms. The summed E-state index contributed by atoms with van der Waals surface area (Å²) in [5, 5.41) is 11.6. The monoisotopic (exact) mass is 268 g/mol. The quantitative estimate of drug-likeness (QED) is 0.524. The van der Waals surface area contributed by atoms with Crippen LogP contribution in [0.5, 0.6) is 0 Å². The van der Waals surface area contributed by atoms with Crippen molar-refractivity contribution in [2.24, 2.45) is 11.7 Å². The van der Waals surface area contributed by atoms with Crippen molar-refractivity contribution in [3.05, 3.63) is 18.2 Å². The van der Waals surface area contributed by atoms with E-state index in [-0.39, 0.29) is 18.2 Å². The van der Waals surface area contributed by atoms with Crippen molar-refractivity contribution in [2.75, 3.05) is 6.54 Å². The van der Waals surface area contributed by atoms with Crippen molar-refractivity contribution in [2.45, 2.75) is 32.2 Å². The second-order valence-corrected chi connectivity index (χ2v) is 4.51. The molecule has 2 atom stereocenters. The number of hydrogen-bond donors (Lipinski definition) is 4. The predicted molar refractivity (Wildman–Crippen MR) is 69.3 cm³/mol. The molecule has 1 rings (SSSR count). The average molecular weight is 268 g/mol. The summed E-state index contributed by atoms with van der Waals surface area (Å²) in [4.78, 5) is 29.6. The van der Waals surface area contributed by atoms with Gasteiger partial charge < -0.3 is 21.1 Å². The van der Waals surface area contributed by atoms with E-state index < -0.39 is 12.0 Å². The smallest absolute Gasteiger partial charge is 0.326 e. The van der Waals surface area contributed by atoms with Crippen molar-refractivity contribution in [1.29, 1.82) is 0 Å². The molecule has 19 heavy (non-hydrogen) atoms. The lowest BCUT2D eigenvalue weighted by atomic mass is 10.0. The van der Waals surface area contributed by atoms with Crippen LogP contribution in [-0.2, 0) is 16.0 Å². The van der Waals surface area contributed by atoms with E-state index in [9.17, 15) is 9.59 Å². The van der Waals surface area contributed by atoms with E-state index in [2.05, 4.69) is 15.3 Å². The van der Waals surface area contributed by atoms with Crippen molar-refractivity contribution >= 4 is 11.9 Å². The lowest BCUT2D eigenvalue weighted by Crippen LogP contribution is -2.44. The summed E-state index contributed by atoms with van der Waals surface area (Å²) in [7, 11) is 0. The number of nitrogens with one attached hydrogen (secondary N) is 2. The number of nitrogens with two attached hydrogens (primary N) is 1. The number of imidazole rings is 1. The summed E-state index contributed by atoms with van der Waals surface area (Å²) in [6.45, 7) is 2.29. The van der Waals surface area contributed by atoms with Crippen LogP contribution in [0.25, 0.3) is 0 Å².